The molecule has 1 unspecified atom stereocenters. The first-order chi connectivity index (χ1) is 9.76. The third-order valence-electron chi connectivity index (χ3n) is 3.46. The Morgan fingerprint density at radius 3 is 3.00 bits per heavy atom. The van der Waals surface area contributed by atoms with Crippen LogP contribution in [-0.2, 0) is 6.61 Å². The summed E-state index contributed by atoms with van der Waals surface area (Å²) in [5.74, 6) is 0.940. The molecule has 0 amide bonds. The first-order valence-corrected chi connectivity index (χ1v) is 7.44. The molecule has 0 saturated heterocycles. The molecule has 20 heavy (non-hydrogen) atoms. The number of benzene rings is 2. The van der Waals surface area contributed by atoms with Crippen molar-refractivity contribution in [1.82, 2.24) is 0 Å². The molecule has 0 fully saturated rings. The van der Waals surface area contributed by atoms with Gasteiger partial charge < -0.3 is 15.2 Å². The summed E-state index contributed by atoms with van der Waals surface area (Å²) in [6, 6.07) is 14.2. The van der Waals surface area contributed by atoms with Crippen LogP contribution in [0.25, 0.3) is 0 Å². The van der Waals surface area contributed by atoms with Crippen molar-refractivity contribution >= 4 is 21.6 Å². The Hall–Kier alpha value is -1.52. The van der Waals surface area contributed by atoms with Gasteiger partial charge in [0.2, 0.25) is 0 Å². The van der Waals surface area contributed by atoms with Crippen LogP contribution >= 0.6 is 15.9 Å². The molecule has 2 aromatic carbocycles. The normalized spacial score (nSPS) is 17.2. The van der Waals surface area contributed by atoms with Crippen LogP contribution < -0.4 is 10.1 Å². The molecule has 3 rings (SSSR count). The fourth-order valence-corrected chi connectivity index (χ4v) is 2.85. The monoisotopic (exact) mass is 333 g/mol. The van der Waals surface area contributed by atoms with Crippen LogP contribution in [0.5, 0.6) is 5.75 Å². The van der Waals surface area contributed by atoms with Gasteiger partial charge in [-0.2, -0.15) is 0 Å². The topological polar surface area (TPSA) is 41.5 Å². The maximum atomic E-state index is 9.21. The SMILES string of the molecule is OCc1cccc(NC2CCOc3ccc(Br)cc32)c1. The van der Waals surface area contributed by atoms with Gasteiger partial charge in [-0.25, -0.2) is 0 Å². The molecule has 1 aliphatic rings. The molecular weight excluding hydrogens is 318 g/mol. The average molecular weight is 334 g/mol. The van der Waals surface area contributed by atoms with E-state index in [1.165, 1.54) is 5.56 Å². The summed E-state index contributed by atoms with van der Waals surface area (Å²) in [4.78, 5) is 0. The number of halogens is 1. The molecule has 0 aromatic heterocycles. The van der Waals surface area contributed by atoms with Crippen LogP contribution in [0.4, 0.5) is 5.69 Å². The molecule has 1 atom stereocenters. The van der Waals surface area contributed by atoms with Crippen LogP contribution in [0.1, 0.15) is 23.6 Å². The molecule has 1 heterocycles. The minimum absolute atomic E-state index is 0.0609. The molecule has 0 bridgehead atoms. The van der Waals surface area contributed by atoms with Crippen molar-refractivity contribution in [2.24, 2.45) is 0 Å². The fourth-order valence-electron chi connectivity index (χ4n) is 2.48. The Morgan fingerprint density at radius 2 is 2.15 bits per heavy atom. The summed E-state index contributed by atoms with van der Waals surface area (Å²) in [7, 11) is 0. The van der Waals surface area contributed by atoms with Gasteiger partial charge in [0.15, 0.2) is 0 Å². The highest BCUT2D eigenvalue weighted by atomic mass is 79.9. The van der Waals surface area contributed by atoms with Crippen molar-refractivity contribution < 1.29 is 9.84 Å². The average Bonchev–Trinajstić information content (AvgIpc) is 2.48. The van der Waals surface area contributed by atoms with Crippen molar-refractivity contribution in [2.45, 2.75) is 19.1 Å². The Bertz CT molecular complexity index is 615. The third kappa shape index (κ3) is 2.81. The van der Waals surface area contributed by atoms with E-state index in [0.717, 1.165) is 27.9 Å². The first kappa shape index (κ1) is 13.5. The van der Waals surface area contributed by atoms with Crippen molar-refractivity contribution in [3.05, 3.63) is 58.1 Å². The Labute approximate surface area is 126 Å². The minimum atomic E-state index is 0.0609. The van der Waals surface area contributed by atoms with Gasteiger partial charge >= 0.3 is 0 Å². The largest absolute Gasteiger partial charge is 0.493 e. The van der Waals surface area contributed by atoms with Gasteiger partial charge in [-0.1, -0.05) is 28.1 Å². The lowest BCUT2D eigenvalue weighted by Gasteiger charge is -2.27. The van der Waals surface area contributed by atoms with Crippen molar-refractivity contribution in [2.75, 3.05) is 11.9 Å². The van der Waals surface area contributed by atoms with Gasteiger partial charge in [-0.05, 0) is 35.9 Å². The Morgan fingerprint density at radius 1 is 1.25 bits per heavy atom. The van der Waals surface area contributed by atoms with E-state index in [4.69, 9.17) is 4.74 Å². The number of hydrogen-bond acceptors (Lipinski definition) is 3. The summed E-state index contributed by atoms with van der Waals surface area (Å²) in [6.07, 6.45) is 0.923. The quantitative estimate of drug-likeness (QED) is 0.895. The summed E-state index contributed by atoms with van der Waals surface area (Å²) >= 11 is 3.51. The van der Waals surface area contributed by atoms with Crippen LogP contribution in [0, 0.1) is 0 Å². The molecule has 0 radical (unpaired) electrons. The van der Waals surface area contributed by atoms with E-state index in [9.17, 15) is 5.11 Å². The lowest BCUT2D eigenvalue weighted by atomic mass is 10.00. The first-order valence-electron chi connectivity index (χ1n) is 6.65. The highest BCUT2D eigenvalue weighted by Gasteiger charge is 2.21. The lowest BCUT2D eigenvalue weighted by molar-refractivity contribution is 0.274. The van der Waals surface area contributed by atoms with Gasteiger partial charge in [0.05, 0.1) is 19.3 Å². The number of aliphatic hydroxyl groups excluding tert-OH is 1. The zero-order valence-corrected chi connectivity index (χ0v) is 12.6. The summed E-state index contributed by atoms with van der Waals surface area (Å²) in [5.41, 5.74) is 3.10. The van der Waals surface area contributed by atoms with E-state index in [-0.39, 0.29) is 12.6 Å². The molecule has 1 aliphatic heterocycles. The molecular formula is C16H16BrNO2. The standard InChI is InChI=1S/C16H16BrNO2/c17-12-4-5-16-14(9-12)15(6-7-20-16)18-13-3-1-2-11(8-13)10-19/h1-5,8-9,15,18-19H,6-7,10H2. The number of rotatable bonds is 3. The van der Waals surface area contributed by atoms with Crippen LogP contribution in [0.2, 0.25) is 0 Å². The highest BCUT2D eigenvalue weighted by Crippen LogP contribution is 2.36. The van der Waals surface area contributed by atoms with Gasteiger partial charge in [0.25, 0.3) is 0 Å². The smallest absolute Gasteiger partial charge is 0.124 e. The van der Waals surface area contributed by atoms with Gasteiger partial charge in [-0.15, -0.1) is 0 Å². The molecule has 2 N–H and O–H groups in total. The number of anilines is 1. The predicted octanol–water partition coefficient (Wildman–Crippen LogP) is 3.88. The Kier molecular flexibility index (Phi) is 3.94. The lowest BCUT2D eigenvalue weighted by Crippen LogP contribution is -2.20. The van der Waals surface area contributed by atoms with Crippen molar-refractivity contribution in [3.8, 4) is 5.75 Å². The molecule has 104 valence electrons. The van der Waals surface area contributed by atoms with Gasteiger partial charge in [0, 0.05) is 22.1 Å². The third-order valence-corrected chi connectivity index (χ3v) is 3.96. The maximum Gasteiger partial charge on any atom is 0.124 e. The zero-order valence-electron chi connectivity index (χ0n) is 11.0. The van der Waals surface area contributed by atoms with Gasteiger partial charge in [-0.3, -0.25) is 0 Å². The second-order valence-electron chi connectivity index (χ2n) is 4.87. The number of aliphatic hydroxyl groups is 1. The molecule has 4 heteroatoms. The fraction of sp³-hybridized carbons (Fsp3) is 0.250. The Balaban J connectivity index is 1.87. The van der Waals surface area contributed by atoms with E-state index in [1.807, 2.05) is 36.4 Å². The summed E-state index contributed by atoms with van der Waals surface area (Å²) in [6.45, 7) is 0.775. The number of hydrogen-bond donors (Lipinski definition) is 2. The van der Waals surface area contributed by atoms with Crippen molar-refractivity contribution in [1.29, 1.82) is 0 Å². The van der Waals surface area contributed by atoms with E-state index >= 15 is 0 Å². The second kappa shape index (κ2) is 5.85. The van der Waals surface area contributed by atoms with Crippen LogP contribution in [-0.4, -0.2) is 11.7 Å². The van der Waals surface area contributed by atoms with Crippen LogP contribution in [0.15, 0.2) is 46.9 Å². The van der Waals surface area contributed by atoms with E-state index < -0.39 is 0 Å². The molecule has 3 nitrogen and oxygen atoms in total. The second-order valence-corrected chi connectivity index (χ2v) is 5.79. The maximum absolute atomic E-state index is 9.21. The number of ether oxygens (including phenoxy) is 1. The van der Waals surface area contributed by atoms with Crippen LogP contribution in [0.3, 0.4) is 0 Å². The van der Waals surface area contributed by atoms with E-state index in [1.54, 1.807) is 0 Å². The number of fused-ring (bicyclic) bond motifs is 1. The summed E-state index contributed by atoms with van der Waals surface area (Å²) < 4.78 is 6.74. The molecule has 0 saturated carbocycles. The molecule has 0 aliphatic carbocycles. The van der Waals surface area contributed by atoms with E-state index in [2.05, 4.69) is 27.3 Å². The van der Waals surface area contributed by atoms with Crippen molar-refractivity contribution in [3.63, 3.8) is 0 Å². The predicted molar refractivity (Wildman–Crippen MR) is 83.0 cm³/mol. The van der Waals surface area contributed by atoms with Gasteiger partial charge in [0.1, 0.15) is 5.75 Å². The molecule has 0 spiro atoms. The highest BCUT2D eigenvalue weighted by molar-refractivity contribution is 9.10. The number of nitrogens with one attached hydrogen (secondary N) is 1. The molecule has 2 aromatic rings. The zero-order chi connectivity index (χ0) is 13.9. The minimum Gasteiger partial charge on any atom is -0.493 e. The summed E-state index contributed by atoms with van der Waals surface area (Å²) in [5, 5.41) is 12.7. The van der Waals surface area contributed by atoms with E-state index in [0.29, 0.717) is 6.61 Å².